The van der Waals surface area contributed by atoms with Gasteiger partial charge in [-0.3, -0.25) is 4.99 Å². The van der Waals surface area contributed by atoms with Gasteiger partial charge >= 0.3 is 0 Å². The molecule has 0 fully saturated rings. The number of nitrogens with zero attached hydrogens (tertiary/aromatic N) is 2. The largest absolute Gasteiger partial charge is 0.391 e. The highest BCUT2D eigenvalue weighted by atomic mass is 32.2. The van der Waals surface area contributed by atoms with Gasteiger partial charge in [0.25, 0.3) is 0 Å². The average Bonchev–Trinajstić information content (AvgIpc) is 2.63. The molecule has 26 heavy (non-hydrogen) atoms. The highest BCUT2D eigenvalue weighted by Crippen LogP contribution is 2.37. The summed E-state index contributed by atoms with van der Waals surface area (Å²) in [4.78, 5) is 10.3. The summed E-state index contributed by atoms with van der Waals surface area (Å²) in [5, 5.41) is 5.02. The van der Waals surface area contributed by atoms with E-state index in [1.54, 1.807) is 11.8 Å². The number of nitrogens with two attached hydrogens (primary N) is 1. The lowest BCUT2D eigenvalue weighted by molar-refractivity contribution is 0.130. The third kappa shape index (κ3) is 4.58. The second-order valence-electron chi connectivity index (χ2n) is 7.21. The summed E-state index contributed by atoms with van der Waals surface area (Å²) in [7, 11) is 0. The first kappa shape index (κ1) is 18.8. The fourth-order valence-electron chi connectivity index (χ4n) is 3.27. The second kappa shape index (κ2) is 8.12. The maximum absolute atomic E-state index is 5.97. The zero-order valence-electron chi connectivity index (χ0n) is 15.7. The van der Waals surface area contributed by atoms with Crippen molar-refractivity contribution in [3.63, 3.8) is 0 Å². The zero-order valence-corrected chi connectivity index (χ0v) is 16.6. The molecule has 1 aromatic carbocycles. The monoisotopic (exact) mass is 369 g/mol. The SMILES string of the molecule is C/C(=N\OCc1ccc(C)cc1)C1=CC(C2(C)CCSC(N)=N2)CC=C1. The van der Waals surface area contributed by atoms with Gasteiger partial charge in [0.05, 0.1) is 11.3 Å². The minimum absolute atomic E-state index is 0.131. The summed E-state index contributed by atoms with van der Waals surface area (Å²) in [6, 6.07) is 8.31. The Labute approximate surface area is 160 Å². The van der Waals surface area contributed by atoms with E-state index in [1.165, 1.54) is 5.56 Å². The van der Waals surface area contributed by atoms with Gasteiger partial charge < -0.3 is 10.6 Å². The van der Waals surface area contributed by atoms with E-state index in [1.807, 2.05) is 6.92 Å². The Kier molecular flexibility index (Phi) is 5.87. The molecule has 2 aliphatic rings. The Bertz CT molecular complexity index is 764. The predicted molar refractivity (Wildman–Crippen MR) is 112 cm³/mol. The molecule has 3 rings (SSSR count). The molecular formula is C21H27N3OS. The van der Waals surface area contributed by atoms with E-state index in [-0.39, 0.29) is 5.54 Å². The van der Waals surface area contributed by atoms with E-state index in [0.717, 1.165) is 35.4 Å². The van der Waals surface area contributed by atoms with Crippen molar-refractivity contribution >= 4 is 22.6 Å². The lowest BCUT2D eigenvalue weighted by Gasteiger charge is -2.36. The molecular weight excluding hydrogens is 342 g/mol. The van der Waals surface area contributed by atoms with Crippen LogP contribution in [0.5, 0.6) is 0 Å². The number of amidine groups is 1. The van der Waals surface area contributed by atoms with Crippen LogP contribution in [0.15, 0.2) is 58.2 Å². The van der Waals surface area contributed by atoms with Crippen LogP contribution in [0, 0.1) is 12.8 Å². The van der Waals surface area contributed by atoms with Gasteiger partial charge in [-0.1, -0.05) is 65.0 Å². The van der Waals surface area contributed by atoms with Gasteiger partial charge in [-0.2, -0.15) is 0 Å². The number of oxime groups is 1. The topological polar surface area (TPSA) is 60.0 Å². The van der Waals surface area contributed by atoms with Crippen molar-refractivity contribution in [3.8, 4) is 0 Å². The summed E-state index contributed by atoms with van der Waals surface area (Å²) in [6.45, 7) is 6.75. The van der Waals surface area contributed by atoms with E-state index >= 15 is 0 Å². The number of thioether (sulfide) groups is 1. The second-order valence-corrected chi connectivity index (χ2v) is 8.32. The van der Waals surface area contributed by atoms with Crippen LogP contribution in [0.1, 0.15) is 37.8 Å². The Morgan fingerprint density at radius 3 is 2.88 bits per heavy atom. The average molecular weight is 370 g/mol. The minimum atomic E-state index is -0.131. The van der Waals surface area contributed by atoms with Gasteiger partial charge in [0.15, 0.2) is 5.17 Å². The first-order valence-corrected chi connectivity index (χ1v) is 10.0. The quantitative estimate of drug-likeness (QED) is 0.609. The van der Waals surface area contributed by atoms with E-state index in [2.05, 4.69) is 61.5 Å². The van der Waals surface area contributed by atoms with Crippen molar-refractivity contribution in [2.24, 2.45) is 21.8 Å². The number of aryl methyl sites for hydroxylation is 1. The van der Waals surface area contributed by atoms with Crippen LogP contribution < -0.4 is 5.73 Å². The van der Waals surface area contributed by atoms with Crippen LogP contribution in [0.25, 0.3) is 0 Å². The number of allylic oxidation sites excluding steroid dienone is 3. The van der Waals surface area contributed by atoms with E-state index in [9.17, 15) is 0 Å². The summed E-state index contributed by atoms with van der Waals surface area (Å²) >= 11 is 1.65. The number of hydrogen-bond donors (Lipinski definition) is 1. The molecule has 138 valence electrons. The molecule has 0 saturated carbocycles. The van der Waals surface area contributed by atoms with E-state index in [0.29, 0.717) is 17.7 Å². The fourth-order valence-corrected chi connectivity index (χ4v) is 4.27. The van der Waals surface area contributed by atoms with Gasteiger partial charge in [-0.15, -0.1) is 0 Å². The molecule has 1 aliphatic heterocycles. The summed E-state index contributed by atoms with van der Waals surface area (Å²) in [6.07, 6.45) is 8.64. The molecule has 1 heterocycles. The van der Waals surface area contributed by atoms with Crippen molar-refractivity contribution in [2.75, 3.05) is 5.75 Å². The Balaban J connectivity index is 1.67. The summed E-state index contributed by atoms with van der Waals surface area (Å²) in [5.74, 6) is 1.37. The molecule has 1 aromatic rings. The number of aliphatic imine (C=N–C) groups is 1. The number of rotatable bonds is 5. The smallest absolute Gasteiger partial charge is 0.154 e. The Hall–Kier alpha value is -2.01. The maximum Gasteiger partial charge on any atom is 0.154 e. The highest BCUT2D eigenvalue weighted by molar-refractivity contribution is 8.13. The van der Waals surface area contributed by atoms with Crippen LogP contribution in [0.4, 0.5) is 0 Å². The Morgan fingerprint density at radius 2 is 2.15 bits per heavy atom. The third-order valence-corrected chi connectivity index (χ3v) is 5.86. The van der Waals surface area contributed by atoms with Crippen molar-refractivity contribution < 1.29 is 4.84 Å². The number of benzene rings is 1. The van der Waals surface area contributed by atoms with Gasteiger partial charge in [0, 0.05) is 11.7 Å². The van der Waals surface area contributed by atoms with Gasteiger partial charge in [0.2, 0.25) is 0 Å². The molecule has 2 N–H and O–H groups in total. The first-order valence-electron chi connectivity index (χ1n) is 9.05. The zero-order chi connectivity index (χ0) is 18.6. The molecule has 0 saturated heterocycles. The van der Waals surface area contributed by atoms with E-state index in [4.69, 9.17) is 15.6 Å². The van der Waals surface area contributed by atoms with E-state index < -0.39 is 0 Å². The molecule has 2 atom stereocenters. The van der Waals surface area contributed by atoms with Crippen molar-refractivity contribution in [1.29, 1.82) is 0 Å². The molecule has 0 bridgehead atoms. The lowest BCUT2D eigenvalue weighted by Crippen LogP contribution is -2.38. The maximum atomic E-state index is 5.97. The van der Waals surface area contributed by atoms with Gasteiger partial charge in [-0.25, -0.2) is 0 Å². The molecule has 1 aliphatic carbocycles. The van der Waals surface area contributed by atoms with Crippen LogP contribution >= 0.6 is 11.8 Å². The standard InChI is InChI=1S/C21H27N3OS/c1-15-7-9-17(10-8-15)14-25-24-16(2)18-5-4-6-19(13-18)21(3)11-12-26-20(22)23-21/h4-5,7-10,13,19H,6,11-12,14H2,1-3H3,(H2,22,23)/b24-16+. The molecule has 0 spiro atoms. The fraction of sp³-hybridized carbons (Fsp3) is 0.429. The summed E-state index contributed by atoms with van der Waals surface area (Å²) in [5.41, 5.74) is 10.2. The number of hydrogen-bond acceptors (Lipinski definition) is 5. The molecule has 0 aromatic heterocycles. The molecule has 0 amide bonds. The third-order valence-electron chi connectivity index (χ3n) is 5.06. The Morgan fingerprint density at radius 1 is 1.38 bits per heavy atom. The molecule has 4 nitrogen and oxygen atoms in total. The molecule has 2 unspecified atom stereocenters. The van der Waals surface area contributed by atoms with Crippen LogP contribution in [-0.2, 0) is 11.4 Å². The van der Waals surface area contributed by atoms with Crippen LogP contribution in [0.2, 0.25) is 0 Å². The first-order chi connectivity index (χ1) is 12.5. The highest BCUT2D eigenvalue weighted by Gasteiger charge is 2.35. The lowest BCUT2D eigenvalue weighted by atomic mass is 9.78. The molecule has 5 heteroatoms. The van der Waals surface area contributed by atoms with Crippen LogP contribution in [-0.4, -0.2) is 22.2 Å². The summed E-state index contributed by atoms with van der Waals surface area (Å²) < 4.78 is 0. The minimum Gasteiger partial charge on any atom is -0.391 e. The predicted octanol–water partition coefficient (Wildman–Crippen LogP) is 4.60. The molecule has 0 radical (unpaired) electrons. The van der Waals surface area contributed by atoms with Gasteiger partial charge in [0.1, 0.15) is 6.61 Å². The van der Waals surface area contributed by atoms with Crippen LogP contribution in [0.3, 0.4) is 0 Å². The van der Waals surface area contributed by atoms with Crippen molar-refractivity contribution in [1.82, 2.24) is 0 Å². The normalized spacial score (nSPS) is 26.3. The van der Waals surface area contributed by atoms with Crippen molar-refractivity contribution in [2.45, 2.75) is 45.8 Å². The van der Waals surface area contributed by atoms with Gasteiger partial charge in [-0.05, 0) is 44.7 Å². The van der Waals surface area contributed by atoms with Crippen molar-refractivity contribution in [3.05, 3.63) is 59.2 Å².